The molecular formula is C53H67F2N11O11S. The summed E-state index contributed by atoms with van der Waals surface area (Å²) in [5.74, 6) is -7.48. The Bertz CT molecular complexity index is 2810. The Kier molecular flexibility index (Phi) is 22.1. The van der Waals surface area contributed by atoms with Crippen molar-refractivity contribution in [2.75, 3.05) is 42.2 Å². The molecule has 1 aliphatic rings. The number of carbonyl (C=O) groups is 9. The van der Waals surface area contributed by atoms with Gasteiger partial charge in [-0.1, -0.05) is 51.1 Å². The van der Waals surface area contributed by atoms with Crippen molar-refractivity contribution in [1.82, 2.24) is 30.4 Å². The summed E-state index contributed by atoms with van der Waals surface area (Å²) in [4.78, 5) is 122. The van der Waals surface area contributed by atoms with Crippen molar-refractivity contribution in [2.24, 2.45) is 28.5 Å². The van der Waals surface area contributed by atoms with Gasteiger partial charge in [0.2, 0.25) is 35.4 Å². The monoisotopic (exact) mass is 1100 g/mol. The second-order valence-corrected chi connectivity index (χ2v) is 21.1. The van der Waals surface area contributed by atoms with Gasteiger partial charge in [-0.05, 0) is 79.6 Å². The van der Waals surface area contributed by atoms with Crippen molar-refractivity contribution >= 4 is 76.4 Å². The van der Waals surface area contributed by atoms with E-state index in [0.717, 1.165) is 40.4 Å². The number of aliphatic carboxylic acids is 1. The van der Waals surface area contributed by atoms with E-state index in [4.69, 9.17) is 27.3 Å². The van der Waals surface area contributed by atoms with Gasteiger partial charge in [0.15, 0.2) is 5.78 Å². The van der Waals surface area contributed by atoms with E-state index in [1.807, 2.05) is 51.1 Å². The number of urea groups is 1. The molecule has 0 spiro atoms. The minimum absolute atomic E-state index is 0.0774. The van der Waals surface area contributed by atoms with Crippen LogP contribution in [-0.4, -0.2) is 133 Å². The number of nitrogens with two attached hydrogens (primary N) is 3. The van der Waals surface area contributed by atoms with Gasteiger partial charge in [0, 0.05) is 74.6 Å². The number of nitrogens with zero attached hydrogens (tertiary/aromatic N) is 4. The van der Waals surface area contributed by atoms with E-state index in [-0.39, 0.29) is 93.1 Å². The molecule has 0 radical (unpaired) electrons. The molecule has 1 aromatic heterocycles. The molecule has 0 aliphatic carbocycles. The number of primary amides is 1. The fourth-order valence-corrected chi connectivity index (χ4v) is 9.73. The van der Waals surface area contributed by atoms with Crippen molar-refractivity contribution in [1.29, 1.82) is 0 Å². The maximum absolute atomic E-state index is 15.1. The van der Waals surface area contributed by atoms with Crippen LogP contribution in [0, 0.1) is 23.0 Å². The van der Waals surface area contributed by atoms with E-state index in [1.54, 1.807) is 10.8 Å². The fourth-order valence-electron chi connectivity index (χ4n) is 8.64. The number of nitrogens with one attached hydrogen (secondary N) is 4. The van der Waals surface area contributed by atoms with Gasteiger partial charge in [-0.2, -0.15) is 0 Å². The van der Waals surface area contributed by atoms with Crippen LogP contribution in [0.1, 0.15) is 83.6 Å². The lowest BCUT2D eigenvalue weighted by atomic mass is 9.84. The van der Waals surface area contributed by atoms with Gasteiger partial charge in [-0.25, -0.2) is 23.5 Å². The summed E-state index contributed by atoms with van der Waals surface area (Å²) in [7, 11) is 0. The maximum Gasteiger partial charge on any atom is 0.321 e. The Labute approximate surface area is 453 Å². The minimum Gasteiger partial charge on any atom is -0.480 e. The van der Waals surface area contributed by atoms with Crippen LogP contribution in [0.4, 0.5) is 25.0 Å². The number of aromatic nitrogens is 2. The maximum atomic E-state index is 15.1. The summed E-state index contributed by atoms with van der Waals surface area (Å²) in [5.41, 5.74) is 17.6. The quantitative estimate of drug-likeness (QED) is 0.0292. The van der Waals surface area contributed by atoms with Crippen molar-refractivity contribution in [3.63, 3.8) is 0 Å². The number of carboxylic acid groups (broad SMARTS) is 1. The number of hydrogen-bond donors (Lipinski definition) is 9. The summed E-state index contributed by atoms with van der Waals surface area (Å²) < 4.78 is 31.3. The molecule has 0 bridgehead atoms. The molecule has 2 heterocycles. The predicted octanol–water partition coefficient (Wildman–Crippen LogP) is 2.95. The Morgan fingerprint density at radius 3 is 2.24 bits per heavy atom. The van der Waals surface area contributed by atoms with Gasteiger partial charge in [0.25, 0.3) is 0 Å². The van der Waals surface area contributed by atoms with Crippen LogP contribution < -0.4 is 43.4 Å². The van der Waals surface area contributed by atoms with E-state index in [1.165, 1.54) is 36.1 Å². The molecule has 0 saturated carbocycles. The summed E-state index contributed by atoms with van der Waals surface area (Å²) in [6.45, 7) is 6.04. The van der Waals surface area contributed by atoms with Crippen molar-refractivity contribution in [2.45, 2.75) is 102 Å². The van der Waals surface area contributed by atoms with Crippen LogP contribution in [-0.2, 0) is 44.9 Å². The molecule has 78 heavy (non-hydrogen) atoms. The first kappa shape index (κ1) is 61.2. The van der Waals surface area contributed by atoms with Gasteiger partial charge in [-0.15, -0.1) is 11.8 Å². The second kappa shape index (κ2) is 28.1. The zero-order valence-corrected chi connectivity index (χ0v) is 44.5. The standard InChI is InChI=1S/C53H67F2N11O11S/c1-30(41(68)23-32(11-8-20-60-52(58)77)48(72)62-34-13-15-35(16-14-34)66-44(70)25-42(50(66)74)78-29-39(57)51(75)76)61-43(69)18-21-59-49(73)38(56)19-22-65(45(71)28-67)46(53(2,3)4)47-63-40(36-24-33(54)12-17-37(36)55)27-64(47)26-31-9-6-5-7-10-31/h5-7,9-10,12-17,24,27,30,32,38-39,42,46,67H,8,11,18-23,25-26,28-29,56-57H2,1-4H3,(H,59,73)(H,61,69)(H,62,72)(H,75,76)(H3,58,60,77)/t30-,32+,38-,39-,42?,46-/m0/s1. The molecule has 1 fully saturated rings. The smallest absolute Gasteiger partial charge is 0.321 e. The average Bonchev–Trinajstić information content (AvgIpc) is 3.99. The lowest BCUT2D eigenvalue weighted by Gasteiger charge is -2.40. The highest BCUT2D eigenvalue weighted by molar-refractivity contribution is 8.00. The molecule has 1 saturated heterocycles. The second-order valence-electron chi connectivity index (χ2n) is 19.8. The van der Waals surface area contributed by atoms with Gasteiger partial charge >= 0.3 is 12.0 Å². The van der Waals surface area contributed by atoms with E-state index in [9.17, 15) is 52.6 Å². The topological polar surface area (TPSA) is 345 Å². The average molecular weight is 1100 g/mol. The number of aliphatic hydroxyl groups excluding tert-OH is 1. The van der Waals surface area contributed by atoms with Crippen molar-refractivity contribution in [3.05, 3.63) is 102 Å². The van der Waals surface area contributed by atoms with Crippen LogP contribution in [0.2, 0.25) is 0 Å². The highest BCUT2D eigenvalue weighted by Gasteiger charge is 2.41. The minimum atomic E-state index is -1.24. The molecule has 3 aromatic carbocycles. The number of ketones is 1. The molecule has 1 unspecified atom stereocenters. The van der Waals surface area contributed by atoms with Crippen LogP contribution in [0.15, 0.2) is 79.0 Å². The highest BCUT2D eigenvalue weighted by Crippen LogP contribution is 2.40. The molecule has 5 rings (SSSR count). The number of imidazole rings is 1. The van der Waals surface area contributed by atoms with Gasteiger partial charge in [0.1, 0.15) is 30.1 Å². The first-order valence-corrected chi connectivity index (χ1v) is 26.2. The van der Waals surface area contributed by atoms with Gasteiger partial charge in [-0.3, -0.25) is 38.4 Å². The van der Waals surface area contributed by atoms with Crippen LogP contribution in [0.3, 0.4) is 0 Å². The van der Waals surface area contributed by atoms with Crippen LogP contribution in [0.25, 0.3) is 11.3 Å². The summed E-state index contributed by atoms with van der Waals surface area (Å²) in [5, 5.41) is 28.7. The normalized spacial score (nSPS) is 15.4. The molecule has 12 N–H and O–H groups in total. The first-order chi connectivity index (χ1) is 36.9. The largest absolute Gasteiger partial charge is 0.480 e. The van der Waals surface area contributed by atoms with E-state index in [2.05, 4.69) is 21.3 Å². The van der Waals surface area contributed by atoms with Crippen LogP contribution >= 0.6 is 11.8 Å². The predicted molar refractivity (Wildman–Crippen MR) is 286 cm³/mol. The number of Topliss-reactive ketones (excluding diaryl/α,β-unsaturated/α-hetero) is 1. The third-order valence-electron chi connectivity index (χ3n) is 12.7. The number of halogens is 2. The number of amides is 8. The lowest BCUT2D eigenvalue weighted by Crippen LogP contribution is -2.48. The fraction of sp³-hybridized carbons (Fsp3) is 0.434. The molecule has 420 valence electrons. The number of aliphatic hydroxyl groups is 1. The van der Waals surface area contributed by atoms with Gasteiger partial charge in [0.05, 0.1) is 34.8 Å². The Hall–Kier alpha value is -7.61. The lowest BCUT2D eigenvalue weighted by molar-refractivity contribution is -0.140. The molecule has 6 atom stereocenters. The number of hydrogen-bond acceptors (Lipinski definition) is 14. The van der Waals surface area contributed by atoms with E-state index in [0.29, 0.717) is 5.82 Å². The first-order valence-electron chi connectivity index (χ1n) is 25.1. The number of rotatable bonds is 28. The zero-order valence-electron chi connectivity index (χ0n) is 43.7. The van der Waals surface area contributed by atoms with Gasteiger partial charge < -0.3 is 58.1 Å². The number of anilines is 2. The van der Waals surface area contributed by atoms with Crippen molar-refractivity contribution < 1.29 is 62.1 Å². The summed E-state index contributed by atoms with van der Waals surface area (Å²) in [6.07, 6.45) is 1.06. The molecule has 25 heteroatoms. The third kappa shape index (κ3) is 17.2. The molecule has 22 nitrogen and oxygen atoms in total. The van der Waals surface area contributed by atoms with E-state index < -0.39 is 112 Å². The number of benzene rings is 3. The van der Waals surface area contributed by atoms with Crippen LogP contribution in [0.5, 0.6) is 0 Å². The molecule has 8 amide bonds. The number of carbonyl (C=O) groups excluding carboxylic acids is 8. The summed E-state index contributed by atoms with van der Waals surface area (Å²) >= 11 is 0.971. The molecule has 4 aromatic rings. The number of thioether (sulfide) groups is 1. The molecule has 1 aliphatic heterocycles. The molecular weight excluding hydrogens is 1040 g/mol. The Morgan fingerprint density at radius 1 is 0.910 bits per heavy atom. The number of imide groups is 1. The van der Waals surface area contributed by atoms with E-state index >= 15 is 4.39 Å². The number of carboxylic acids is 1. The Morgan fingerprint density at radius 2 is 1.60 bits per heavy atom. The summed E-state index contributed by atoms with van der Waals surface area (Å²) in [6, 6.07) is 12.9. The highest BCUT2D eigenvalue weighted by atomic mass is 32.2. The van der Waals surface area contributed by atoms with Crippen molar-refractivity contribution in [3.8, 4) is 11.3 Å². The Balaban J connectivity index is 1.17. The SMILES string of the molecule is C[C@H](NC(=O)CCNC(=O)[C@@H](N)CCN(C(=O)CO)[C@@H](c1nc(-c2cc(F)ccc2F)cn1Cc1ccccc1)C(C)(C)C)C(=O)C[C@@H](CCCNC(N)=O)C(=O)Nc1ccc(N2C(=O)CC(SC[C@H](N)C(=O)O)C2=O)cc1. The zero-order chi connectivity index (χ0) is 57.4. The third-order valence-corrected chi connectivity index (χ3v) is 14.0.